The van der Waals surface area contributed by atoms with Gasteiger partial charge in [0.25, 0.3) is 0 Å². The van der Waals surface area contributed by atoms with E-state index in [2.05, 4.69) is 30.7 Å². The van der Waals surface area contributed by atoms with Crippen molar-refractivity contribution in [3.05, 3.63) is 34.4 Å². The highest BCUT2D eigenvalue weighted by molar-refractivity contribution is 9.10. The number of esters is 1. The molecule has 0 bridgehead atoms. The number of hydrogen-bond acceptors (Lipinski definition) is 6. The van der Waals surface area contributed by atoms with Crippen LogP contribution in [-0.2, 0) is 4.74 Å². The number of fused-ring (bicyclic) bond motifs is 1. The number of rotatable bonds is 5. The number of carbonyl (C=O) groups is 1. The molecule has 0 saturated carbocycles. The Balaban J connectivity index is 2.02. The lowest BCUT2D eigenvalue weighted by molar-refractivity contribution is 0.0526. The van der Waals surface area contributed by atoms with Crippen LogP contribution in [0.1, 0.15) is 17.3 Å². The quantitative estimate of drug-likeness (QED) is 0.766. The molecule has 0 aliphatic carbocycles. The molecule has 1 aliphatic rings. The van der Waals surface area contributed by atoms with Crippen molar-refractivity contribution < 1.29 is 14.6 Å². The fourth-order valence-corrected chi connectivity index (χ4v) is 3.55. The summed E-state index contributed by atoms with van der Waals surface area (Å²) in [7, 11) is 0. The summed E-state index contributed by atoms with van der Waals surface area (Å²) >= 11 is 3.51. The van der Waals surface area contributed by atoms with Gasteiger partial charge in [0.1, 0.15) is 5.56 Å². The van der Waals surface area contributed by atoms with Crippen LogP contribution in [0.4, 0.5) is 5.69 Å². The minimum absolute atomic E-state index is 0.166. The van der Waals surface area contributed by atoms with Gasteiger partial charge in [-0.25, -0.2) is 4.79 Å². The Hall–Kier alpha value is -1.70. The first-order chi connectivity index (χ1) is 12.1. The van der Waals surface area contributed by atoms with Gasteiger partial charge in [0.15, 0.2) is 0 Å². The lowest BCUT2D eigenvalue weighted by atomic mass is 10.1. The summed E-state index contributed by atoms with van der Waals surface area (Å²) in [5.74, 6) is -0.343. The van der Waals surface area contributed by atoms with E-state index in [1.54, 1.807) is 13.1 Å². The van der Waals surface area contributed by atoms with Crippen LogP contribution in [0.3, 0.4) is 0 Å². The number of carbonyl (C=O) groups excluding carboxylic acids is 1. The fraction of sp³-hybridized carbons (Fsp3) is 0.444. The molecule has 0 radical (unpaired) electrons. The molecule has 1 N–H and O–H groups in total. The number of ether oxygens (including phenoxy) is 1. The Kier molecular flexibility index (Phi) is 5.88. The van der Waals surface area contributed by atoms with Crippen molar-refractivity contribution >= 4 is 38.5 Å². The molecule has 7 heteroatoms. The number of β-amino-alcohol motifs (C(OH)–C–C–N with tert-alkyl or cyclic N) is 1. The molecule has 6 nitrogen and oxygen atoms in total. The van der Waals surface area contributed by atoms with Crippen LogP contribution in [0, 0.1) is 0 Å². The zero-order valence-electron chi connectivity index (χ0n) is 14.2. The second kappa shape index (κ2) is 8.12. The number of aliphatic hydroxyl groups excluding tert-OH is 1. The molecule has 0 unspecified atom stereocenters. The van der Waals surface area contributed by atoms with Gasteiger partial charge in [0.05, 0.1) is 24.4 Å². The Morgan fingerprint density at radius 2 is 2.08 bits per heavy atom. The number of pyridine rings is 1. The first-order valence-corrected chi connectivity index (χ1v) is 9.27. The van der Waals surface area contributed by atoms with Gasteiger partial charge in [-0.05, 0) is 25.1 Å². The molecule has 0 spiro atoms. The summed E-state index contributed by atoms with van der Waals surface area (Å²) < 4.78 is 6.18. The minimum atomic E-state index is -0.343. The van der Waals surface area contributed by atoms with Gasteiger partial charge < -0.3 is 14.7 Å². The van der Waals surface area contributed by atoms with E-state index in [4.69, 9.17) is 9.84 Å². The third-order valence-corrected chi connectivity index (χ3v) is 4.89. The molecule has 1 fully saturated rings. The Morgan fingerprint density at radius 1 is 1.32 bits per heavy atom. The molecule has 1 aromatic carbocycles. The van der Waals surface area contributed by atoms with Gasteiger partial charge in [-0.2, -0.15) is 0 Å². The van der Waals surface area contributed by atoms with E-state index in [0.717, 1.165) is 47.2 Å². The molecule has 1 aliphatic heterocycles. The number of halogens is 1. The van der Waals surface area contributed by atoms with Gasteiger partial charge in [0.2, 0.25) is 0 Å². The maximum Gasteiger partial charge on any atom is 0.341 e. The number of aliphatic hydroxyl groups is 1. The molecule has 2 heterocycles. The monoisotopic (exact) mass is 407 g/mol. The van der Waals surface area contributed by atoms with Gasteiger partial charge in [0, 0.05) is 48.8 Å². The second-order valence-corrected chi connectivity index (χ2v) is 6.87. The van der Waals surface area contributed by atoms with Crippen LogP contribution >= 0.6 is 15.9 Å². The molecule has 0 amide bonds. The number of piperazine rings is 1. The number of benzene rings is 1. The van der Waals surface area contributed by atoms with Crippen LogP contribution in [0.25, 0.3) is 10.9 Å². The SMILES string of the molecule is CCOC(=O)c1cnc2ccc(Br)cc2c1N1CCN(CCO)CC1. The summed E-state index contributed by atoms with van der Waals surface area (Å²) in [6.45, 7) is 6.26. The average molecular weight is 408 g/mol. The van der Waals surface area contributed by atoms with Gasteiger partial charge in [-0.1, -0.05) is 15.9 Å². The summed E-state index contributed by atoms with van der Waals surface area (Å²) in [4.78, 5) is 21.3. The van der Waals surface area contributed by atoms with E-state index in [1.165, 1.54) is 0 Å². The molecule has 1 aromatic heterocycles. The maximum atomic E-state index is 12.5. The Bertz CT molecular complexity index is 761. The molecular weight excluding hydrogens is 386 g/mol. The fourth-order valence-electron chi connectivity index (χ4n) is 3.19. The highest BCUT2D eigenvalue weighted by Crippen LogP contribution is 2.32. The molecule has 0 atom stereocenters. The first-order valence-electron chi connectivity index (χ1n) is 8.47. The molecular formula is C18H22BrN3O3. The summed E-state index contributed by atoms with van der Waals surface area (Å²) in [5.41, 5.74) is 2.24. The standard InChI is InChI=1S/C18H22BrN3O3/c1-2-25-18(24)15-12-20-16-4-3-13(19)11-14(16)17(15)22-7-5-21(6-8-22)9-10-23/h3-4,11-12,23H,2,5-10H2,1H3. The summed E-state index contributed by atoms with van der Waals surface area (Å²) in [6.07, 6.45) is 1.61. The van der Waals surface area contributed by atoms with Crippen LogP contribution in [0.15, 0.2) is 28.9 Å². The minimum Gasteiger partial charge on any atom is -0.462 e. The first kappa shape index (κ1) is 18.1. The Morgan fingerprint density at radius 3 is 2.76 bits per heavy atom. The van der Waals surface area contributed by atoms with Gasteiger partial charge in [-0.15, -0.1) is 0 Å². The Labute approximate surface area is 155 Å². The topological polar surface area (TPSA) is 65.9 Å². The third kappa shape index (κ3) is 3.94. The molecule has 2 aromatic rings. The number of anilines is 1. The smallest absolute Gasteiger partial charge is 0.341 e. The van der Waals surface area contributed by atoms with E-state index in [1.807, 2.05) is 18.2 Å². The molecule has 134 valence electrons. The van der Waals surface area contributed by atoms with E-state index in [9.17, 15) is 4.79 Å². The lowest BCUT2D eigenvalue weighted by Crippen LogP contribution is -2.47. The van der Waals surface area contributed by atoms with E-state index in [0.29, 0.717) is 18.7 Å². The van der Waals surface area contributed by atoms with E-state index >= 15 is 0 Å². The van der Waals surface area contributed by atoms with E-state index < -0.39 is 0 Å². The highest BCUT2D eigenvalue weighted by Gasteiger charge is 2.24. The van der Waals surface area contributed by atoms with E-state index in [-0.39, 0.29) is 12.6 Å². The van der Waals surface area contributed by atoms with Crippen LogP contribution in [0.2, 0.25) is 0 Å². The van der Waals surface area contributed by atoms with Crippen molar-refractivity contribution in [2.75, 3.05) is 50.8 Å². The van der Waals surface area contributed by atoms with Crippen molar-refractivity contribution in [3.8, 4) is 0 Å². The number of aromatic nitrogens is 1. The zero-order chi connectivity index (χ0) is 17.8. The zero-order valence-corrected chi connectivity index (χ0v) is 15.8. The summed E-state index contributed by atoms with van der Waals surface area (Å²) in [5, 5.41) is 10.1. The summed E-state index contributed by atoms with van der Waals surface area (Å²) in [6, 6.07) is 5.89. The van der Waals surface area contributed by atoms with Crippen molar-refractivity contribution in [3.63, 3.8) is 0 Å². The second-order valence-electron chi connectivity index (χ2n) is 5.95. The van der Waals surface area contributed by atoms with Gasteiger partial charge in [-0.3, -0.25) is 9.88 Å². The number of hydrogen-bond donors (Lipinski definition) is 1. The lowest BCUT2D eigenvalue weighted by Gasteiger charge is -2.37. The average Bonchev–Trinajstić information content (AvgIpc) is 2.62. The van der Waals surface area contributed by atoms with Crippen LogP contribution in [-0.4, -0.2) is 66.9 Å². The van der Waals surface area contributed by atoms with Crippen molar-refractivity contribution in [1.29, 1.82) is 0 Å². The van der Waals surface area contributed by atoms with Crippen LogP contribution in [0.5, 0.6) is 0 Å². The molecule has 1 saturated heterocycles. The van der Waals surface area contributed by atoms with Crippen molar-refractivity contribution in [1.82, 2.24) is 9.88 Å². The molecule has 25 heavy (non-hydrogen) atoms. The predicted molar refractivity (Wildman–Crippen MR) is 101 cm³/mol. The molecule has 3 rings (SSSR count). The maximum absolute atomic E-state index is 12.5. The van der Waals surface area contributed by atoms with Gasteiger partial charge >= 0.3 is 5.97 Å². The largest absolute Gasteiger partial charge is 0.462 e. The van der Waals surface area contributed by atoms with Crippen LogP contribution < -0.4 is 4.90 Å². The predicted octanol–water partition coefficient (Wildman–Crippen LogP) is 2.29. The third-order valence-electron chi connectivity index (χ3n) is 4.40. The normalized spacial score (nSPS) is 15.6. The van der Waals surface area contributed by atoms with Crippen molar-refractivity contribution in [2.45, 2.75) is 6.92 Å². The number of nitrogens with zero attached hydrogens (tertiary/aromatic N) is 3. The van der Waals surface area contributed by atoms with Crippen molar-refractivity contribution in [2.24, 2.45) is 0 Å². The highest BCUT2D eigenvalue weighted by atomic mass is 79.9.